The number of likely N-dealkylation sites (tertiary alicyclic amines) is 1. The minimum absolute atomic E-state index is 0.0427. The third kappa shape index (κ3) is 3.05. The molecule has 1 saturated heterocycles. The second-order valence-electron chi connectivity index (χ2n) is 8.48. The lowest BCUT2D eigenvalue weighted by Crippen LogP contribution is -2.40. The molecule has 33 heavy (non-hydrogen) atoms. The van der Waals surface area contributed by atoms with Gasteiger partial charge < -0.3 is 9.32 Å². The van der Waals surface area contributed by atoms with Crippen molar-refractivity contribution in [3.05, 3.63) is 92.9 Å². The average Bonchev–Trinajstić information content (AvgIpc) is 3.32. The maximum Gasteiger partial charge on any atom is 0.420 e. The highest BCUT2D eigenvalue weighted by atomic mass is 35.5. The molecule has 1 fully saturated rings. The maximum absolute atomic E-state index is 13.5. The van der Waals surface area contributed by atoms with E-state index in [9.17, 15) is 14.4 Å². The van der Waals surface area contributed by atoms with Crippen LogP contribution in [0.2, 0.25) is 5.02 Å². The summed E-state index contributed by atoms with van der Waals surface area (Å²) in [6, 6.07) is 17.8. The van der Waals surface area contributed by atoms with Crippen molar-refractivity contribution < 1.29 is 14.0 Å². The summed E-state index contributed by atoms with van der Waals surface area (Å²) < 4.78 is 7.03. The van der Waals surface area contributed by atoms with Crippen LogP contribution in [0.25, 0.3) is 22.2 Å². The Morgan fingerprint density at radius 1 is 0.909 bits per heavy atom. The number of nitrogens with zero attached hydrogens (tertiary/aromatic N) is 2. The Hall–Kier alpha value is -3.64. The van der Waals surface area contributed by atoms with E-state index in [1.165, 1.54) is 0 Å². The van der Waals surface area contributed by atoms with Crippen LogP contribution in [0.3, 0.4) is 0 Å². The maximum atomic E-state index is 13.5. The van der Waals surface area contributed by atoms with Crippen molar-refractivity contribution in [3.8, 4) is 11.1 Å². The fourth-order valence-corrected chi connectivity index (χ4v) is 5.27. The van der Waals surface area contributed by atoms with E-state index in [2.05, 4.69) is 0 Å². The van der Waals surface area contributed by atoms with Crippen LogP contribution in [0.15, 0.2) is 69.9 Å². The smallest absolute Gasteiger partial charge is 0.408 e. The molecule has 164 valence electrons. The van der Waals surface area contributed by atoms with Gasteiger partial charge in [-0.1, -0.05) is 48.0 Å². The minimum Gasteiger partial charge on any atom is -0.408 e. The van der Waals surface area contributed by atoms with E-state index in [1.54, 1.807) is 51.9 Å². The predicted octanol–water partition coefficient (Wildman–Crippen LogP) is 4.94. The minimum atomic E-state index is -0.409. The third-order valence-electron chi connectivity index (χ3n) is 6.67. The fraction of sp³-hybridized carbons (Fsp3) is 0.192. The van der Waals surface area contributed by atoms with E-state index < -0.39 is 5.76 Å². The monoisotopic (exact) mass is 458 g/mol. The second kappa shape index (κ2) is 7.46. The molecule has 0 N–H and O–H groups in total. The van der Waals surface area contributed by atoms with Gasteiger partial charge in [0.2, 0.25) is 0 Å². The number of ketones is 1. The van der Waals surface area contributed by atoms with Gasteiger partial charge in [-0.2, -0.15) is 0 Å². The number of oxazole rings is 1. The number of carbonyl (C=O) groups excluding carboxylic acids is 2. The molecule has 6 nitrogen and oxygen atoms in total. The third-order valence-corrected chi connectivity index (χ3v) is 6.91. The zero-order chi connectivity index (χ0) is 22.7. The van der Waals surface area contributed by atoms with Gasteiger partial charge in [-0.05, 0) is 42.7 Å². The van der Waals surface area contributed by atoms with Gasteiger partial charge in [0.25, 0.3) is 5.91 Å². The van der Waals surface area contributed by atoms with Crippen LogP contribution in [-0.4, -0.2) is 34.2 Å². The van der Waals surface area contributed by atoms with Crippen LogP contribution in [0, 0.1) is 0 Å². The summed E-state index contributed by atoms with van der Waals surface area (Å²) in [6.07, 6.45) is 1.24. The number of halogens is 1. The Kier molecular flexibility index (Phi) is 4.52. The summed E-state index contributed by atoms with van der Waals surface area (Å²) >= 11 is 6.13. The summed E-state index contributed by atoms with van der Waals surface area (Å²) in [5.74, 6) is -0.547. The summed E-state index contributed by atoms with van der Waals surface area (Å²) in [6.45, 7) is 1.00. The zero-order valence-corrected chi connectivity index (χ0v) is 18.3. The molecule has 1 aliphatic heterocycles. The number of fused-ring (bicyclic) bond motifs is 4. The van der Waals surface area contributed by atoms with Crippen LogP contribution in [0.5, 0.6) is 0 Å². The predicted molar refractivity (Wildman–Crippen MR) is 125 cm³/mol. The summed E-state index contributed by atoms with van der Waals surface area (Å²) in [4.78, 5) is 40.6. The Labute approximate surface area is 194 Å². The van der Waals surface area contributed by atoms with E-state index >= 15 is 0 Å². The molecule has 1 aromatic heterocycles. The van der Waals surface area contributed by atoms with Crippen molar-refractivity contribution in [2.24, 2.45) is 0 Å². The lowest BCUT2D eigenvalue weighted by Gasteiger charge is -2.32. The van der Waals surface area contributed by atoms with Crippen LogP contribution in [0.1, 0.15) is 45.2 Å². The number of hydrogen-bond acceptors (Lipinski definition) is 4. The standard InChI is InChI=1S/C26H19ClN2O4/c27-15-8-9-22-21(14-15)29(26(32)33-22)16-10-12-28(13-11-16)25(31)20-7-3-6-19-23(20)17-4-1-2-5-18(17)24(19)30/h1-9,14,16H,10-13H2. The molecule has 0 atom stereocenters. The molecule has 1 amide bonds. The van der Waals surface area contributed by atoms with E-state index in [-0.39, 0.29) is 17.7 Å². The molecule has 0 unspecified atom stereocenters. The van der Waals surface area contributed by atoms with Crippen molar-refractivity contribution in [2.75, 3.05) is 13.1 Å². The number of hydrogen-bond donors (Lipinski definition) is 0. The molecule has 0 radical (unpaired) electrons. The first-order valence-electron chi connectivity index (χ1n) is 10.9. The van der Waals surface area contributed by atoms with Gasteiger partial charge in [0, 0.05) is 46.4 Å². The van der Waals surface area contributed by atoms with Crippen molar-refractivity contribution in [2.45, 2.75) is 18.9 Å². The van der Waals surface area contributed by atoms with Crippen LogP contribution in [0.4, 0.5) is 0 Å². The van der Waals surface area contributed by atoms with Gasteiger partial charge in [-0.15, -0.1) is 0 Å². The largest absolute Gasteiger partial charge is 0.420 e. The summed E-state index contributed by atoms with van der Waals surface area (Å²) in [7, 11) is 0. The van der Waals surface area contributed by atoms with Crippen molar-refractivity contribution in [1.29, 1.82) is 0 Å². The quantitative estimate of drug-likeness (QED) is 0.375. The molecule has 7 heteroatoms. The SMILES string of the molecule is O=C1c2ccccc2-c2c1cccc2C(=O)N1CCC(n2c(=O)oc3ccc(Cl)cc32)CC1. The van der Waals surface area contributed by atoms with E-state index in [1.807, 2.05) is 18.2 Å². The highest BCUT2D eigenvalue weighted by molar-refractivity contribution is 6.31. The van der Waals surface area contributed by atoms with Crippen LogP contribution in [-0.2, 0) is 0 Å². The lowest BCUT2D eigenvalue weighted by molar-refractivity contribution is 0.0694. The van der Waals surface area contributed by atoms with Crippen LogP contribution >= 0.6 is 11.6 Å². The number of piperidine rings is 1. The zero-order valence-electron chi connectivity index (χ0n) is 17.6. The van der Waals surface area contributed by atoms with Crippen molar-refractivity contribution in [3.63, 3.8) is 0 Å². The van der Waals surface area contributed by atoms with Crippen molar-refractivity contribution in [1.82, 2.24) is 9.47 Å². The first kappa shape index (κ1) is 20.0. The first-order valence-corrected chi connectivity index (χ1v) is 11.3. The number of amides is 1. The van der Waals surface area contributed by atoms with Gasteiger partial charge in [0.1, 0.15) is 0 Å². The Bertz CT molecular complexity index is 1510. The molecule has 4 aromatic rings. The van der Waals surface area contributed by atoms with Gasteiger partial charge in [0.05, 0.1) is 5.52 Å². The van der Waals surface area contributed by atoms with Gasteiger partial charge in [-0.3, -0.25) is 14.2 Å². The van der Waals surface area contributed by atoms with Crippen LogP contribution < -0.4 is 5.76 Å². The topological polar surface area (TPSA) is 72.5 Å². The number of rotatable bonds is 2. The Morgan fingerprint density at radius 2 is 1.64 bits per heavy atom. The van der Waals surface area contributed by atoms with Gasteiger partial charge in [0.15, 0.2) is 11.4 Å². The van der Waals surface area contributed by atoms with Gasteiger partial charge in [-0.25, -0.2) is 4.79 Å². The van der Waals surface area contributed by atoms with E-state index in [0.717, 1.165) is 11.1 Å². The van der Waals surface area contributed by atoms with E-state index in [0.29, 0.717) is 58.7 Å². The van der Waals surface area contributed by atoms with Crippen molar-refractivity contribution >= 4 is 34.4 Å². The normalized spacial score (nSPS) is 15.7. The molecule has 1 aliphatic carbocycles. The molecule has 2 heterocycles. The molecule has 0 saturated carbocycles. The summed E-state index contributed by atoms with van der Waals surface area (Å²) in [5.41, 5.74) is 4.46. The lowest BCUT2D eigenvalue weighted by atomic mass is 9.97. The number of aromatic nitrogens is 1. The Morgan fingerprint density at radius 3 is 2.42 bits per heavy atom. The average molecular weight is 459 g/mol. The highest BCUT2D eigenvalue weighted by Crippen LogP contribution is 2.39. The highest BCUT2D eigenvalue weighted by Gasteiger charge is 2.33. The summed E-state index contributed by atoms with van der Waals surface area (Å²) in [5, 5.41) is 0.539. The molecule has 6 rings (SSSR count). The second-order valence-corrected chi connectivity index (χ2v) is 8.91. The molecule has 3 aromatic carbocycles. The molecule has 2 aliphatic rings. The fourth-order valence-electron chi connectivity index (χ4n) is 5.10. The number of benzene rings is 3. The van der Waals surface area contributed by atoms with E-state index in [4.69, 9.17) is 16.0 Å². The molecule has 0 spiro atoms. The molecular formula is C26H19ClN2O4. The Balaban J connectivity index is 1.29. The van der Waals surface area contributed by atoms with Gasteiger partial charge >= 0.3 is 5.76 Å². The molecule has 0 bridgehead atoms. The first-order chi connectivity index (χ1) is 16.0. The molecular weight excluding hydrogens is 440 g/mol. The number of carbonyl (C=O) groups is 2.